The molecule has 0 bridgehead atoms. The number of hydrogen-bond acceptors (Lipinski definition) is 0. The van der Waals surface area contributed by atoms with E-state index in [0.717, 1.165) is 13.0 Å². The highest BCUT2D eigenvalue weighted by atomic mass is 16.6. The maximum atomic E-state index is 3.63. The van der Waals surface area contributed by atoms with Crippen LogP contribution in [0, 0.1) is 6.92 Å². The van der Waals surface area contributed by atoms with Gasteiger partial charge in [-0.25, -0.2) is 0 Å². The Labute approximate surface area is 185 Å². The normalized spacial score (nSPS) is 19.7. The third kappa shape index (κ3) is 3.23. The smallest absolute Gasteiger partial charge is 0.377 e. The van der Waals surface area contributed by atoms with Gasteiger partial charge in [0.1, 0.15) is 6.61 Å². The van der Waals surface area contributed by atoms with Crippen molar-refractivity contribution in [2.75, 3.05) is 13.7 Å². The van der Waals surface area contributed by atoms with E-state index in [1.54, 1.807) is 0 Å². The first-order valence-electron chi connectivity index (χ1n) is 11.2. The van der Waals surface area contributed by atoms with Gasteiger partial charge in [0.25, 0.3) is 0 Å². The van der Waals surface area contributed by atoms with E-state index in [1.165, 1.54) is 43.9 Å². The van der Waals surface area contributed by atoms with Crippen LogP contribution in [0.1, 0.15) is 24.5 Å². The fourth-order valence-corrected chi connectivity index (χ4v) is 5.56. The summed E-state index contributed by atoms with van der Waals surface area (Å²) in [6.07, 6.45) is -0.264. The summed E-state index contributed by atoms with van der Waals surface area (Å²) >= 11 is 0. The number of fused-ring (bicyclic) bond motifs is 1. The second-order valence-electron chi connectivity index (χ2n) is 9.01. The van der Waals surface area contributed by atoms with Gasteiger partial charge in [-0.2, -0.15) is 0 Å². The molecule has 0 N–H and O–H groups in total. The van der Waals surface area contributed by atoms with Gasteiger partial charge in [-0.15, -0.1) is 16.4 Å². The molecule has 4 aromatic carbocycles. The van der Waals surface area contributed by atoms with Gasteiger partial charge in [0, 0.05) is 6.42 Å². The molecule has 0 spiro atoms. The minimum absolute atomic E-state index is 0.978. The molecular weight excluding hydrogens is 375 g/mol. The zero-order valence-corrected chi connectivity index (χ0v) is 18.6. The number of rotatable bonds is 3. The molecule has 31 heavy (non-hydrogen) atoms. The fraction of sp³-hybridized carbons (Fsp3) is 0.172. The van der Waals surface area contributed by atoms with E-state index in [9.17, 15) is 0 Å². The summed E-state index contributed by atoms with van der Waals surface area (Å²) in [4.78, 5) is 0. The van der Waals surface area contributed by atoms with Crippen LogP contribution in [0.2, 0.25) is 0 Å². The molecule has 1 aliphatic heterocycles. The molecule has 0 amide bonds. The lowest BCUT2D eigenvalue weighted by Gasteiger charge is -2.52. The van der Waals surface area contributed by atoms with E-state index in [2.05, 4.69) is 122 Å². The first-order chi connectivity index (χ1) is 15.1. The molecule has 1 atom stereocenters. The summed E-state index contributed by atoms with van der Waals surface area (Å²) in [5.41, 5.74) is 8.23. The number of hydrogen-bond donors (Lipinski definition) is 0. The van der Waals surface area contributed by atoms with Crippen molar-refractivity contribution in [3.05, 3.63) is 114 Å². The van der Waals surface area contributed by atoms with Gasteiger partial charge in [-0.3, -0.25) is 0 Å². The predicted octanol–water partition coefficient (Wildman–Crippen LogP) is 5.81. The van der Waals surface area contributed by atoms with Crippen molar-refractivity contribution in [1.82, 2.24) is 0 Å². The molecule has 1 heterocycles. The lowest BCUT2D eigenvalue weighted by molar-refractivity contribution is 0.0548. The van der Waals surface area contributed by atoms with Crippen LogP contribution in [0.15, 0.2) is 103 Å². The van der Waals surface area contributed by atoms with Crippen molar-refractivity contribution in [3.8, 4) is 0 Å². The quantitative estimate of drug-likeness (QED) is 0.300. The second kappa shape index (κ2) is 7.87. The van der Waals surface area contributed by atoms with E-state index in [1.807, 2.05) is 0 Å². The maximum Gasteiger partial charge on any atom is 0.377 e. The third-order valence-electron chi connectivity index (χ3n) is 7.15. The SMILES string of the molecule is CC1=C(c2ccc3ccccc3c2)[B-](c2ccccc2)(c2ccc(C)cc2)[O+](C)CC1. The zero-order chi connectivity index (χ0) is 21.4. The zero-order valence-electron chi connectivity index (χ0n) is 18.6. The largest absolute Gasteiger partial charge is 0.662 e. The van der Waals surface area contributed by atoms with Gasteiger partial charge in [-0.1, -0.05) is 108 Å². The summed E-state index contributed by atoms with van der Waals surface area (Å²) < 4.78 is 3.63. The highest BCUT2D eigenvalue weighted by molar-refractivity contribution is 7.11. The standard InChI is InChI=1S/C29H29BO/c1-22-13-17-28(18-14-22)30(27-11-5-4-6-12-27)29(23(2)19-20-31(30)3)26-16-15-24-9-7-8-10-25(24)21-26/h4-18,21H,19-20H2,1-3H3. The Kier molecular flexibility index (Phi) is 5.04. The molecule has 0 aliphatic carbocycles. The summed E-state index contributed by atoms with van der Waals surface area (Å²) in [7, 11) is 2.22. The summed E-state index contributed by atoms with van der Waals surface area (Å²) in [6.45, 7) is 5.46. The topological polar surface area (TPSA) is 2.70 Å². The highest BCUT2D eigenvalue weighted by Crippen LogP contribution is 2.39. The van der Waals surface area contributed by atoms with E-state index in [0.29, 0.717) is 0 Å². The molecule has 0 fully saturated rings. The van der Waals surface area contributed by atoms with Crippen LogP contribution in [-0.4, -0.2) is 20.1 Å². The van der Waals surface area contributed by atoms with Crippen LogP contribution in [0.5, 0.6) is 0 Å². The number of aryl methyl sites for hydroxylation is 1. The summed E-state index contributed by atoms with van der Waals surface area (Å²) in [5.74, 6) is 0. The Balaban J connectivity index is 1.85. The van der Waals surface area contributed by atoms with E-state index < -0.39 is 6.35 Å². The average Bonchev–Trinajstić information content (AvgIpc) is 2.81. The molecule has 0 saturated carbocycles. The molecule has 0 aromatic heterocycles. The van der Waals surface area contributed by atoms with Gasteiger partial charge in [-0.05, 0) is 30.7 Å². The van der Waals surface area contributed by atoms with Crippen molar-refractivity contribution in [1.29, 1.82) is 0 Å². The molecule has 0 saturated heterocycles. The molecule has 1 nitrogen and oxygen atoms in total. The molecule has 0 radical (unpaired) electrons. The Bertz CT molecular complexity index is 1260. The van der Waals surface area contributed by atoms with Gasteiger partial charge >= 0.3 is 6.35 Å². The van der Waals surface area contributed by atoms with Crippen molar-refractivity contribution in [3.63, 3.8) is 0 Å². The lowest BCUT2D eigenvalue weighted by Crippen LogP contribution is -2.68. The van der Waals surface area contributed by atoms with Crippen molar-refractivity contribution < 1.29 is 4.28 Å². The van der Waals surface area contributed by atoms with Gasteiger partial charge in [0.15, 0.2) is 0 Å². The summed E-state index contributed by atoms with van der Waals surface area (Å²) in [6, 6.07) is 35.8. The summed E-state index contributed by atoms with van der Waals surface area (Å²) in [5, 5.41) is 2.58. The van der Waals surface area contributed by atoms with Gasteiger partial charge < -0.3 is 4.28 Å². The van der Waals surface area contributed by atoms with Crippen LogP contribution < -0.4 is 10.9 Å². The Hall–Kier alpha value is -3.10. The lowest BCUT2D eigenvalue weighted by atomic mass is 9.25. The maximum absolute atomic E-state index is 3.63. The van der Waals surface area contributed by atoms with Crippen molar-refractivity contribution in [2.45, 2.75) is 20.3 Å². The first-order valence-corrected chi connectivity index (χ1v) is 11.2. The Morgan fingerprint density at radius 2 is 1.32 bits per heavy atom. The van der Waals surface area contributed by atoms with Crippen LogP contribution in [0.3, 0.4) is 0 Å². The third-order valence-corrected chi connectivity index (χ3v) is 7.15. The molecule has 154 valence electrons. The molecule has 1 unspecified atom stereocenters. The van der Waals surface area contributed by atoms with Gasteiger partial charge in [0.2, 0.25) is 0 Å². The van der Waals surface area contributed by atoms with Crippen molar-refractivity contribution >= 4 is 33.5 Å². The molecule has 5 rings (SSSR count). The van der Waals surface area contributed by atoms with E-state index in [-0.39, 0.29) is 0 Å². The fourth-order valence-electron chi connectivity index (χ4n) is 5.56. The molecule has 2 heteroatoms. The minimum atomic E-state index is -1.33. The molecule has 1 aliphatic rings. The Morgan fingerprint density at radius 3 is 2.06 bits per heavy atom. The molecular formula is C29H29BO. The first kappa shape index (κ1) is 19.8. The Morgan fingerprint density at radius 1 is 0.677 bits per heavy atom. The van der Waals surface area contributed by atoms with Gasteiger partial charge in [0.05, 0.1) is 7.11 Å². The monoisotopic (exact) mass is 404 g/mol. The predicted molar refractivity (Wildman–Crippen MR) is 136 cm³/mol. The average molecular weight is 404 g/mol. The second-order valence-corrected chi connectivity index (χ2v) is 9.01. The van der Waals surface area contributed by atoms with Crippen molar-refractivity contribution in [2.24, 2.45) is 0 Å². The van der Waals surface area contributed by atoms with Crippen LogP contribution in [-0.2, 0) is 4.28 Å². The van der Waals surface area contributed by atoms with Crippen LogP contribution >= 0.6 is 0 Å². The van der Waals surface area contributed by atoms with Crippen LogP contribution in [0.4, 0.5) is 0 Å². The van der Waals surface area contributed by atoms with Crippen LogP contribution in [0.25, 0.3) is 16.2 Å². The highest BCUT2D eigenvalue weighted by Gasteiger charge is 2.48. The van der Waals surface area contributed by atoms with E-state index >= 15 is 0 Å². The number of benzene rings is 4. The molecule has 4 aromatic rings. The minimum Gasteiger partial charge on any atom is -0.662 e. The van der Waals surface area contributed by atoms with E-state index in [4.69, 9.17) is 0 Å².